The summed E-state index contributed by atoms with van der Waals surface area (Å²) < 4.78 is 35.0. The lowest BCUT2D eigenvalue weighted by molar-refractivity contribution is -0.385. The zero-order valence-electron chi connectivity index (χ0n) is 55.2. The summed E-state index contributed by atoms with van der Waals surface area (Å²) in [6, 6.07) is 39.6. The van der Waals surface area contributed by atoms with Gasteiger partial charge in [-0.2, -0.15) is 0 Å². The largest absolute Gasteiger partial charge is 0.494 e. The van der Waals surface area contributed by atoms with E-state index in [1.54, 1.807) is 36.4 Å². The van der Waals surface area contributed by atoms with Crippen molar-refractivity contribution in [2.75, 3.05) is 130 Å². The summed E-state index contributed by atoms with van der Waals surface area (Å²) in [5.74, 6) is 4.92. The van der Waals surface area contributed by atoms with E-state index in [-0.39, 0.29) is 17.2 Å². The molecule has 502 valence electrons. The van der Waals surface area contributed by atoms with Crippen LogP contribution in [0.5, 0.6) is 23.0 Å². The number of nitro groups is 2. The Kier molecular flexibility index (Phi) is 38.4. The standard InChI is InChI=1S/C17H26N2O3.C15H22FNO.C15H22N2O3.C14H21NS.C13H19NO/c1-15-6-5-12-18(14-15)11-3-2-4-13-22-17-9-7-16(8-10-17)19(20)21;16-14-6-8-15(9-7-14)18-13-5-1-2-10-17-11-3-4-12-17;18-17(19)14-7-6-8-15(13-14)20-12-5-1-2-9-16-10-3-4-11-16;1-2-8-14(9-3-1)16-13-7-6-12-15-10-4-5-11-15;1-2-7-13(8-3-1)15-12-6-11-14-9-4-5-10-14/h7-10,15H,2-6,11-14H2,1H3;6-9H,1-5,10-13H2;6-8,13H,1-5,9-12H2;1-3,8-9H,4-7,10-13H2;1-3,7-8H,4-6,9-12H2. The Hall–Kier alpha value is -5.82. The topological polar surface area (TPSA) is 139 Å². The van der Waals surface area contributed by atoms with Crippen LogP contribution in [0.2, 0.25) is 0 Å². The second-order valence-electron chi connectivity index (χ2n) is 24.8. The van der Waals surface area contributed by atoms with Crippen LogP contribution in [0.3, 0.4) is 0 Å². The Balaban J connectivity index is 0.000000182. The number of non-ortho nitro benzene ring substituents is 2. The molecule has 10 rings (SSSR count). The molecular formula is C74H110FN7O8S. The number of hydrogen-bond acceptors (Lipinski definition) is 14. The van der Waals surface area contributed by atoms with Crippen molar-refractivity contribution in [3.05, 3.63) is 160 Å². The number of halogens is 1. The third kappa shape index (κ3) is 34.6. The molecule has 5 aliphatic rings. The molecule has 0 spiro atoms. The van der Waals surface area contributed by atoms with Crippen LogP contribution >= 0.6 is 11.8 Å². The molecule has 5 aromatic rings. The molecule has 0 bridgehead atoms. The Morgan fingerprint density at radius 3 is 1.26 bits per heavy atom. The number of nitro benzene ring substituents is 2. The van der Waals surface area contributed by atoms with Crippen LogP contribution in [0.15, 0.2) is 138 Å². The van der Waals surface area contributed by atoms with Gasteiger partial charge < -0.3 is 43.4 Å². The molecule has 5 aromatic carbocycles. The molecule has 5 heterocycles. The molecule has 91 heavy (non-hydrogen) atoms. The molecule has 0 N–H and O–H groups in total. The molecular weight excluding hydrogens is 1170 g/mol. The third-order valence-corrected chi connectivity index (χ3v) is 18.2. The highest BCUT2D eigenvalue weighted by atomic mass is 32.2. The summed E-state index contributed by atoms with van der Waals surface area (Å²) >= 11 is 1.98. The van der Waals surface area contributed by atoms with Gasteiger partial charge in [-0.15, -0.1) is 11.8 Å². The summed E-state index contributed by atoms with van der Waals surface area (Å²) in [4.78, 5) is 34.6. The molecule has 0 radical (unpaired) electrons. The van der Waals surface area contributed by atoms with Crippen molar-refractivity contribution < 1.29 is 33.2 Å². The monoisotopic (exact) mass is 1280 g/mol. The Bertz CT molecular complexity index is 2610. The van der Waals surface area contributed by atoms with Gasteiger partial charge in [0, 0.05) is 36.2 Å². The van der Waals surface area contributed by atoms with Crippen LogP contribution < -0.4 is 18.9 Å². The van der Waals surface area contributed by atoms with Crippen LogP contribution in [-0.4, -0.2) is 165 Å². The van der Waals surface area contributed by atoms with Crippen molar-refractivity contribution >= 4 is 23.1 Å². The first-order chi connectivity index (χ1) is 44.6. The maximum atomic E-state index is 12.7. The van der Waals surface area contributed by atoms with E-state index < -0.39 is 9.85 Å². The smallest absolute Gasteiger partial charge is 0.273 e. The predicted octanol–water partition coefficient (Wildman–Crippen LogP) is 16.8. The maximum absolute atomic E-state index is 12.7. The summed E-state index contributed by atoms with van der Waals surface area (Å²) in [6.45, 7) is 24.1. The fraction of sp³-hybridized carbons (Fsp3) is 0.595. The third-order valence-electron chi connectivity index (χ3n) is 17.1. The number of unbranched alkanes of at least 4 members (excludes halogenated alkanes) is 7. The SMILES string of the molecule is CC1CCCN(CCCCCOc2ccc([N+](=O)[O-])cc2)C1.Fc1ccc(OCCCCCN2CCCC2)cc1.O=[N+]([O-])c1cccc(OCCCCCN2CCCC2)c1.c1ccc(OCCCN2CCCC2)cc1.c1ccc(SCCCCN2CCCC2)cc1. The minimum atomic E-state index is -0.400. The Morgan fingerprint density at radius 2 is 0.791 bits per heavy atom. The Morgan fingerprint density at radius 1 is 0.407 bits per heavy atom. The van der Waals surface area contributed by atoms with Gasteiger partial charge in [0.1, 0.15) is 28.8 Å². The zero-order chi connectivity index (χ0) is 64.0. The van der Waals surface area contributed by atoms with Gasteiger partial charge in [0.05, 0.1) is 42.3 Å². The van der Waals surface area contributed by atoms with E-state index in [9.17, 15) is 24.6 Å². The van der Waals surface area contributed by atoms with E-state index in [1.807, 2.05) is 42.1 Å². The van der Waals surface area contributed by atoms with Crippen LogP contribution in [0, 0.1) is 32.0 Å². The molecule has 5 fully saturated rings. The molecule has 5 aliphatic heterocycles. The number of benzene rings is 5. The summed E-state index contributed by atoms with van der Waals surface area (Å²) in [5, 5.41) is 21.2. The molecule has 0 amide bonds. The molecule has 0 aliphatic carbocycles. The first kappa shape index (κ1) is 74.2. The van der Waals surface area contributed by atoms with E-state index in [0.29, 0.717) is 24.7 Å². The predicted molar refractivity (Wildman–Crippen MR) is 371 cm³/mol. The van der Waals surface area contributed by atoms with Gasteiger partial charge in [-0.1, -0.05) is 49.4 Å². The lowest BCUT2D eigenvalue weighted by Crippen LogP contribution is -2.34. The van der Waals surface area contributed by atoms with Crippen molar-refractivity contribution in [1.29, 1.82) is 0 Å². The highest BCUT2D eigenvalue weighted by Crippen LogP contribution is 2.23. The molecule has 5 saturated heterocycles. The fourth-order valence-corrected chi connectivity index (χ4v) is 12.9. The summed E-state index contributed by atoms with van der Waals surface area (Å²) in [6.07, 6.45) is 27.9. The van der Waals surface area contributed by atoms with Crippen LogP contribution in [-0.2, 0) is 0 Å². The number of ether oxygens (including phenoxy) is 4. The van der Waals surface area contributed by atoms with E-state index in [1.165, 1.54) is 248 Å². The van der Waals surface area contributed by atoms with Gasteiger partial charge in [0.15, 0.2) is 0 Å². The average Bonchev–Trinajstić information content (AvgIpc) is 4.57. The van der Waals surface area contributed by atoms with Crippen molar-refractivity contribution in [1.82, 2.24) is 24.5 Å². The number of rotatable bonds is 34. The second-order valence-corrected chi connectivity index (χ2v) is 26.0. The summed E-state index contributed by atoms with van der Waals surface area (Å²) in [7, 11) is 0. The average molecular weight is 1280 g/mol. The lowest BCUT2D eigenvalue weighted by atomic mass is 10.00. The van der Waals surface area contributed by atoms with Crippen LogP contribution in [0.1, 0.15) is 148 Å². The first-order valence-electron chi connectivity index (χ1n) is 34.8. The molecule has 0 aromatic heterocycles. The number of thioether (sulfide) groups is 1. The van der Waals surface area contributed by atoms with Crippen molar-refractivity contribution in [3.63, 3.8) is 0 Å². The molecule has 15 nitrogen and oxygen atoms in total. The number of piperidine rings is 1. The number of para-hydroxylation sites is 1. The number of nitrogens with zero attached hydrogens (tertiary/aromatic N) is 7. The van der Waals surface area contributed by atoms with Gasteiger partial charge in [-0.3, -0.25) is 20.2 Å². The molecule has 17 heteroatoms. The number of likely N-dealkylation sites (tertiary alicyclic amines) is 5. The minimum Gasteiger partial charge on any atom is -0.494 e. The van der Waals surface area contributed by atoms with Gasteiger partial charge in [0.25, 0.3) is 11.4 Å². The van der Waals surface area contributed by atoms with Crippen molar-refractivity contribution in [2.24, 2.45) is 5.92 Å². The molecule has 1 atom stereocenters. The fourth-order valence-electron chi connectivity index (χ4n) is 11.9. The zero-order valence-corrected chi connectivity index (χ0v) is 56.0. The van der Waals surface area contributed by atoms with Gasteiger partial charge in [-0.05, 0) is 305 Å². The molecule has 1 unspecified atom stereocenters. The minimum absolute atomic E-state index is 0.0801. The second kappa shape index (κ2) is 47.1. The van der Waals surface area contributed by atoms with E-state index in [0.717, 1.165) is 69.2 Å². The highest BCUT2D eigenvalue weighted by molar-refractivity contribution is 7.99. The summed E-state index contributed by atoms with van der Waals surface area (Å²) in [5.41, 5.74) is 0.180. The van der Waals surface area contributed by atoms with Gasteiger partial charge in [-0.25, -0.2) is 4.39 Å². The van der Waals surface area contributed by atoms with E-state index >= 15 is 0 Å². The quantitative estimate of drug-likeness (QED) is 0.0167. The Labute approximate surface area is 550 Å². The maximum Gasteiger partial charge on any atom is 0.273 e. The highest BCUT2D eigenvalue weighted by Gasteiger charge is 2.17. The lowest BCUT2D eigenvalue weighted by Gasteiger charge is -2.30. The van der Waals surface area contributed by atoms with Crippen LogP contribution in [0.4, 0.5) is 15.8 Å². The van der Waals surface area contributed by atoms with E-state index in [2.05, 4.69) is 61.8 Å². The van der Waals surface area contributed by atoms with Crippen molar-refractivity contribution in [2.45, 2.75) is 153 Å². The normalized spacial score (nSPS) is 16.9. The van der Waals surface area contributed by atoms with Gasteiger partial charge in [0.2, 0.25) is 0 Å². The number of hydrogen-bond donors (Lipinski definition) is 0. The van der Waals surface area contributed by atoms with Crippen LogP contribution in [0.25, 0.3) is 0 Å². The van der Waals surface area contributed by atoms with Crippen molar-refractivity contribution in [3.8, 4) is 23.0 Å². The first-order valence-corrected chi connectivity index (χ1v) is 35.7. The van der Waals surface area contributed by atoms with E-state index in [4.69, 9.17) is 18.9 Å². The van der Waals surface area contributed by atoms with Gasteiger partial charge >= 0.3 is 0 Å². The molecule has 0 saturated carbocycles.